The standard InChI is InChI=1S/C28H26N4O8S2/c1-39-19-13-15(5-10-18(19)40-14-20(33)30-11-3-2-4-12-30)21-22-24(41-25-23(21)42-28(36)29-25)27(35)31(26(22)34)16-6-8-17(9-7-16)32(37)38/h5-10,13,21-22,24H,2-4,11-12,14H2,1H3,(H,29,36)/t21-,22?,24?/m1/s1. The molecular formula is C28H26N4O8S2. The molecule has 2 unspecified atom stereocenters. The maximum Gasteiger partial charge on any atom is 0.305 e. The molecule has 2 aromatic carbocycles. The van der Waals surface area contributed by atoms with Gasteiger partial charge in [0.1, 0.15) is 5.25 Å². The summed E-state index contributed by atoms with van der Waals surface area (Å²) in [6.07, 6.45) is 3.06. The lowest BCUT2D eigenvalue weighted by atomic mass is 9.83. The molecule has 3 aromatic rings. The van der Waals surface area contributed by atoms with Crippen molar-refractivity contribution in [2.24, 2.45) is 5.92 Å². The number of aromatic nitrogens is 1. The van der Waals surface area contributed by atoms with Crippen LogP contribution in [-0.2, 0) is 14.4 Å². The summed E-state index contributed by atoms with van der Waals surface area (Å²) in [6.45, 7) is 1.29. The van der Waals surface area contributed by atoms with Crippen molar-refractivity contribution in [3.05, 3.63) is 72.7 Å². The quantitative estimate of drug-likeness (QED) is 0.241. The van der Waals surface area contributed by atoms with Crippen LogP contribution in [0.15, 0.2) is 52.3 Å². The second-order valence-electron chi connectivity index (χ2n) is 10.2. The average Bonchev–Trinajstić information content (AvgIpc) is 3.50. The summed E-state index contributed by atoms with van der Waals surface area (Å²) < 4.78 is 11.4. The van der Waals surface area contributed by atoms with Crippen LogP contribution in [0, 0.1) is 16.0 Å². The number of H-pyrrole nitrogens is 1. The first-order chi connectivity index (χ1) is 20.3. The topological polar surface area (TPSA) is 152 Å². The van der Waals surface area contributed by atoms with E-state index < -0.39 is 33.8 Å². The van der Waals surface area contributed by atoms with Crippen LogP contribution in [0.4, 0.5) is 11.4 Å². The molecule has 12 nitrogen and oxygen atoms in total. The van der Waals surface area contributed by atoms with Gasteiger partial charge in [-0.25, -0.2) is 4.90 Å². The van der Waals surface area contributed by atoms with E-state index in [0.717, 1.165) is 47.3 Å². The number of imide groups is 1. The number of thioether (sulfide) groups is 1. The Hall–Kier alpha value is -4.17. The number of nitrogens with zero attached hydrogens (tertiary/aromatic N) is 3. The zero-order valence-electron chi connectivity index (χ0n) is 22.4. The summed E-state index contributed by atoms with van der Waals surface area (Å²) in [7, 11) is 1.47. The Kier molecular flexibility index (Phi) is 7.49. The number of hydrogen-bond donors (Lipinski definition) is 1. The molecule has 3 aliphatic heterocycles. The smallest absolute Gasteiger partial charge is 0.305 e. The highest BCUT2D eigenvalue weighted by Gasteiger charge is 2.56. The van der Waals surface area contributed by atoms with Crippen LogP contribution < -0.4 is 19.2 Å². The third-order valence-corrected chi connectivity index (χ3v) is 10.2. The molecule has 2 saturated heterocycles. The lowest BCUT2D eigenvalue weighted by Crippen LogP contribution is -2.38. The highest BCUT2D eigenvalue weighted by molar-refractivity contribution is 8.00. The molecule has 3 amide bonds. The van der Waals surface area contributed by atoms with E-state index >= 15 is 0 Å². The Labute approximate surface area is 247 Å². The average molecular weight is 611 g/mol. The van der Waals surface area contributed by atoms with E-state index in [2.05, 4.69) is 4.98 Å². The van der Waals surface area contributed by atoms with Crippen molar-refractivity contribution in [3.8, 4) is 11.5 Å². The largest absolute Gasteiger partial charge is 0.493 e. The second kappa shape index (κ2) is 11.2. The molecule has 4 heterocycles. The summed E-state index contributed by atoms with van der Waals surface area (Å²) in [5, 5.41) is 10.8. The van der Waals surface area contributed by atoms with Crippen LogP contribution >= 0.6 is 23.1 Å². The first kappa shape index (κ1) is 28.0. The molecule has 42 heavy (non-hydrogen) atoms. The number of ether oxygens (including phenoxy) is 2. The fourth-order valence-corrected chi connectivity index (χ4v) is 8.24. The third kappa shape index (κ3) is 4.94. The Morgan fingerprint density at radius 2 is 1.79 bits per heavy atom. The molecule has 1 N–H and O–H groups in total. The van der Waals surface area contributed by atoms with Crippen LogP contribution in [0.3, 0.4) is 0 Å². The second-order valence-corrected chi connectivity index (χ2v) is 12.3. The van der Waals surface area contributed by atoms with Crippen molar-refractivity contribution in [1.82, 2.24) is 9.88 Å². The molecule has 0 radical (unpaired) electrons. The number of nitrogens with one attached hydrogen (secondary N) is 1. The lowest BCUT2D eigenvalue weighted by Gasteiger charge is -2.30. The van der Waals surface area contributed by atoms with Crippen LogP contribution in [0.25, 0.3) is 0 Å². The normalized spacial score (nSPS) is 21.6. The Morgan fingerprint density at radius 3 is 2.48 bits per heavy atom. The van der Waals surface area contributed by atoms with Gasteiger partial charge in [-0.3, -0.25) is 29.3 Å². The van der Waals surface area contributed by atoms with Crippen molar-refractivity contribution in [1.29, 1.82) is 0 Å². The van der Waals surface area contributed by atoms with E-state index in [4.69, 9.17) is 9.47 Å². The van der Waals surface area contributed by atoms with E-state index in [-0.39, 0.29) is 28.8 Å². The van der Waals surface area contributed by atoms with Gasteiger partial charge in [-0.1, -0.05) is 29.2 Å². The lowest BCUT2D eigenvalue weighted by molar-refractivity contribution is -0.384. The van der Waals surface area contributed by atoms with Crippen molar-refractivity contribution < 1.29 is 28.8 Å². The summed E-state index contributed by atoms with van der Waals surface area (Å²) in [5.74, 6) is -1.80. The first-order valence-electron chi connectivity index (χ1n) is 13.4. The zero-order valence-corrected chi connectivity index (χ0v) is 24.1. The summed E-state index contributed by atoms with van der Waals surface area (Å²) in [5.41, 5.74) is 0.718. The fourth-order valence-electron chi connectivity index (χ4n) is 5.73. The minimum atomic E-state index is -0.839. The number of amides is 3. The van der Waals surface area contributed by atoms with Gasteiger partial charge >= 0.3 is 4.87 Å². The van der Waals surface area contributed by atoms with Crippen molar-refractivity contribution in [2.75, 3.05) is 31.7 Å². The summed E-state index contributed by atoms with van der Waals surface area (Å²) in [6, 6.07) is 10.4. The van der Waals surface area contributed by atoms with Gasteiger partial charge < -0.3 is 19.4 Å². The van der Waals surface area contributed by atoms with Crippen LogP contribution in [-0.4, -0.2) is 64.6 Å². The number of fused-ring (bicyclic) bond motifs is 2. The Bertz CT molecular complexity index is 1630. The van der Waals surface area contributed by atoms with Crippen LogP contribution in [0.5, 0.6) is 11.5 Å². The highest BCUT2D eigenvalue weighted by atomic mass is 32.2. The number of nitro groups is 1. The van der Waals surface area contributed by atoms with Gasteiger partial charge in [-0.15, -0.1) is 0 Å². The van der Waals surface area contributed by atoms with E-state index in [9.17, 15) is 29.3 Å². The summed E-state index contributed by atoms with van der Waals surface area (Å²) in [4.78, 5) is 69.0. The number of aromatic amines is 1. The van der Waals surface area contributed by atoms with Gasteiger partial charge in [0, 0.05) is 36.0 Å². The molecule has 0 spiro atoms. The molecule has 3 aliphatic rings. The molecule has 2 fully saturated rings. The van der Waals surface area contributed by atoms with E-state index in [1.54, 1.807) is 23.1 Å². The molecule has 3 atom stereocenters. The molecular weight excluding hydrogens is 584 g/mol. The number of methoxy groups -OCH3 is 1. The predicted molar refractivity (Wildman–Crippen MR) is 154 cm³/mol. The van der Waals surface area contributed by atoms with E-state index in [0.29, 0.717) is 40.1 Å². The van der Waals surface area contributed by atoms with Gasteiger partial charge in [-0.2, -0.15) is 0 Å². The van der Waals surface area contributed by atoms with E-state index in [1.807, 2.05) is 0 Å². The molecule has 14 heteroatoms. The number of carbonyl (C=O) groups is 3. The number of rotatable bonds is 7. The van der Waals surface area contributed by atoms with E-state index in [1.165, 1.54) is 31.4 Å². The van der Waals surface area contributed by atoms with Gasteiger partial charge in [-0.05, 0) is 49.1 Å². The number of hydrogen-bond acceptors (Lipinski definition) is 10. The molecule has 0 saturated carbocycles. The SMILES string of the molecule is COc1cc([C@H]2c3sc(=O)[nH]c3SC3C(=O)N(c4ccc([N+](=O)[O-])cc4)C(=O)C32)ccc1OCC(=O)N1CCCCC1. The minimum absolute atomic E-state index is 0.101. The molecule has 0 aliphatic carbocycles. The number of non-ortho nitro benzene ring substituents is 1. The number of anilines is 1. The van der Waals surface area contributed by atoms with Gasteiger partial charge in [0.2, 0.25) is 11.8 Å². The molecule has 1 aromatic heterocycles. The molecule has 218 valence electrons. The van der Waals surface area contributed by atoms with Crippen molar-refractivity contribution in [3.63, 3.8) is 0 Å². The number of thiazole rings is 1. The fraction of sp³-hybridized carbons (Fsp3) is 0.357. The minimum Gasteiger partial charge on any atom is -0.493 e. The highest BCUT2D eigenvalue weighted by Crippen LogP contribution is 2.53. The monoisotopic (exact) mass is 610 g/mol. The number of nitro benzene ring substituents is 1. The predicted octanol–water partition coefficient (Wildman–Crippen LogP) is 3.54. The maximum atomic E-state index is 13.9. The first-order valence-corrected chi connectivity index (χ1v) is 15.1. The van der Waals surface area contributed by atoms with Crippen LogP contribution in [0.1, 0.15) is 35.6 Å². The molecule has 0 bridgehead atoms. The molecule has 6 rings (SSSR count). The number of benzene rings is 2. The summed E-state index contributed by atoms with van der Waals surface area (Å²) >= 11 is 2.12. The number of likely N-dealkylation sites (tertiary alicyclic amines) is 1. The van der Waals surface area contributed by atoms with Crippen molar-refractivity contribution >= 4 is 52.2 Å². The van der Waals surface area contributed by atoms with Gasteiger partial charge in [0.15, 0.2) is 18.1 Å². The Morgan fingerprint density at radius 1 is 1.05 bits per heavy atom. The maximum absolute atomic E-state index is 13.9. The Balaban J connectivity index is 1.32. The van der Waals surface area contributed by atoms with Gasteiger partial charge in [0.05, 0.1) is 28.7 Å². The van der Waals surface area contributed by atoms with Crippen LogP contribution in [0.2, 0.25) is 0 Å². The van der Waals surface area contributed by atoms with Gasteiger partial charge in [0.25, 0.3) is 11.6 Å². The number of carbonyl (C=O) groups excluding carboxylic acids is 3. The number of piperidine rings is 1. The van der Waals surface area contributed by atoms with Crippen molar-refractivity contribution in [2.45, 2.75) is 35.5 Å². The third-order valence-electron chi connectivity index (χ3n) is 7.75. The zero-order chi connectivity index (χ0) is 29.5.